The third kappa shape index (κ3) is 3.99. The monoisotopic (exact) mass is 398 g/mol. The number of carbonyl (C=O) groups is 2. The number of amides is 1. The van der Waals surface area contributed by atoms with Gasteiger partial charge in [0, 0.05) is 36.6 Å². The van der Waals surface area contributed by atoms with Gasteiger partial charge in [-0.1, -0.05) is 18.2 Å². The third-order valence-electron chi connectivity index (χ3n) is 4.76. The number of benzene rings is 2. The molecule has 1 fully saturated rings. The van der Waals surface area contributed by atoms with Gasteiger partial charge in [0.1, 0.15) is 10.7 Å². The van der Waals surface area contributed by atoms with Crippen LogP contribution in [-0.4, -0.2) is 49.6 Å². The van der Waals surface area contributed by atoms with Crippen molar-refractivity contribution in [1.82, 2.24) is 4.90 Å². The van der Waals surface area contributed by atoms with Crippen molar-refractivity contribution in [3.05, 3.63) is 65.3 Å². The second-order valence-electron chi connectivity index (χ2n) is 6.57. The van der Waals surface area contributed by atoms with Gasteiger partial charge in [-0.3, -0.25) is 4.79 Å². The highest BCUT2D eigenvalue weighted by atomic mass is 32.1. The van der Waals surface area contributed by atoms with E-state index in [9.17, 15) is 14.0 Å². The molecule has 4 rings (SSSR count). The van der Waals surface area contributed by atoms with Crippen molar-refractivity contribution in [2.45, 2.75) is 0 Å². The summed E-state index contributed by atoms with van der Waals surface area (Å²) in [6, 6.07) is 16.0. The van der Waals surface area contributed by atoms with E-state index in [1.165, 1.54) is 23.5 Å². The molecule has 0 atom stereocenters. The molecule has 1 aromatic heterocycles. The van der Waals surface area contributed by atoms with E-state index in [1.54, 1.807) is 17.0 Å². The largest absolute Gasteiger partial charge is 0.451 e. The first-order valence-corrected chi connectivity index (χ1v) is 9.86. The van der Waals surface area contributed by atoms with Crippen LogP contribution >= 0.6 is 11.3 Å². The van der Waals surface area contributed by atoms with E-state index >= 15 is 0 Å². The summed E-state index contributed by atoms with van der Waals surface area (Å²) in [5.41, 5.74) is 1.14. The predicted molar refractivity (Wildman–Crippen MR) is 107 cm³/mol. The van der Waals surface area contributed by atoms with E-state index in [2.05, 4.69) is 17.0 Å². The maximum Gasteiger partial charge on any atom is 0.348 e. The van der Waals surface area contributed by atoms with E-state index < -0.39 is 5.97 Å². The number of hydrogen-bond donors (Lipinski definition) is 0. The average Bonchev–Trinajstić information content (AvgIpc) is 3.16. The molecule has 144 valence electrons. The molecule has 0 N–H and O–H groups in total. The highest BCUT2D eigenvalue weighted by molar-refractivity contribution is 7.20. The van der Waals surface area contributed by atoms with E-state index in [0.29, 0.717) is 23.4 Å². The van der Waals surface area contributed by atoms with Gasteiger partial charge in [-0.2, -0.15) is 0 Å². The van der Waals surface area contributed by atoms with Gasteiger partial charge < -0.3 is 14.5 Å². The van der Waals surface area contributed by atoms with Crippen molar-refractivity contribution in [1.29, 1.82) is 0 Å². The molecule has 1 aliphatic rings. The predicted octanol–water partition coefficient (Wildman–Crippen LogP) is 3.55. The van der Waals surface area contributed by atoms with Crippen molar-refractivity contribution in [2.75, 3.05) is 37.7 Å². The fraction of sp³-hybridized carbons (Fsp3) is 0.238. The number of piperazine rings is 1. The summed E-state index contributed by atoms with van der Waals surface area (Å²) in [5, 5.41) is 0.653. The molecule has 5 nitrogen and oxygen atoms in total. The first-order valence-electron chi connectivity index (χ1n) is 9.04. The van der Waals surface area contributed by atoms with E-state index in [0.717, 1.165) is 23.5 Å². The van der Waals surface area contributed by atoms with Crippen LogP contribution in [0, 0.1) is 5.82 Å². The molecule has 0 spiro atoms. The zero-order valence-corrected chi connectivity index (χ0v) is 16.0. The lowest BCUT2D eigenvalue weighted by Gasteiger charge is -2.36. The Morgan fingerprint density at radius 2 is 1.75 bits per heavy atom. The van der Waals surface area contributed by atoms with Gasteiger partial charge in [-0.05, 0) is 41.8 Å². The van der Waals surface area contributed by atoms with Crippen LogP contribution in [0.5, 0.6) is 0 Å². The summed E-state index contributed by atoms with van der Waals surface area (Å²) >= 11 is 1.23. The standard InChI is InChI=1S/C21H19FN2O3S/c22-16-6-7-18-15(12-16)13-19(28-18)21(26)27-14-20(25)24-10-8-23(9-11-24)17-4-2-1-3-5-17/h1-7,12-13H,8-11,14H2. The molecule has 28 heavy (non-hydrogen) atoms. The van der Waals surface area contributed by atoms with Gasteiger partial charge in [-0.15, -0.1) is 11.3 Å². The maximum absolute atomic E-state index is 13.3. The molecule has 0 bridgehead atoms. The molecule has 2 aromatic carbocycles. The first-order chi connectivity index (χ1) is 13.6. The van der Waals surface area contributed by atoms with Crippen LogP contribution in [0.3, 0.4) is 0 Å². The lowest BCUT2D eigenvalue weighted by Crippen LogP contribution is -2.49. The lowest BCUT2D eigenvalue weighted by molar-refractivity contribution is -0.134. The topological polar surface area (TPSA) is 49.9 Å². The average molecular weight is 398 g/mol. The molecule has 7 heteroatoms. The first kappa shape index (κ1) is 18.4. The number of halogens is 1. The molecule has 1 saturated heterocycles. The SMILES string of the molecule is O=C(OCC(=O)N1CCN(c2ccccc2)CC1)c1cc2cc(F)ccc2s1. The zero-order valence-electron chi connectivity index (χ0n) is 15.1. The molecule has 1 amide bonds. The number of esters is 1. The fourth-order valence-corrected chi connectivity index (χ4v) is 4.19. The Kier molecular flexibility index (Phi) is 5.25. The number of thiophene rings is 1. The highest BCUT2D eigenvalue weighted by Crippen LogP contribution is 2.26. The van der Waals surface area contributed by atoms with Crippen LogP contribution in [0.15, 0.2) is 54.6 Å². The number of para-hydroxylation sites is 1. The highest BCUT2D eigenvalue weighted by Gasteiger charge is 2.22. The van der Waals surface area contributed by atoms with Crippen molar-refractivity contribution in [3.63, 3.8) is 0 Å². The number of nitrogens with zero attached hydrogens (tertiary/aromatic N) is 2. The molecule has 0 unspecified atom stereocenters. The summed E-state index contributed by atoms with van der Waals surface area (Å²) < 4.78 is 19.3. The molecule has 1 aliphatic heterocycles. The van der Waals surface area contributed by atoms with Gasteiger partial charge in [-0.25, -0.2) is 9.18 Å². The summed E-state index contributed by atoms with van der Waals surface area (Å²) in [6.07, 6.45) is 0. The smallest absolute Gasteiger partial charge is 0.348 e. The van der Waals surface area contributed by atoms with Crippen LogP contribution in [0.2, 0.25) is 0 Å². The normalized spacial score (nSPS) is 14.3. The van der Waals surface area contributed by atoms with E-state index in [-0.39, 0.29) is 18.3 Å². The van der Waals surface area contributed by atoms with Gasteiger partial charge in [0.25, 0.3) is 5.91 Å². The van der Waals surface area contributed by atoms with Crippen molar-refractivity contribution < 1.29 is 18.7 Å². The number of hydrogen-bond acceptors (Lipinski definition) is 5. The second kappa shape index (κ2) is 7.98. The van der Waals surface area contributed by atoms with E-state index in [1.807, 2.05) is 18.2 Å². The molecule has 0 aliphatic carbocycles. The quantitative estimate of drug-likeness (QED) is 0.631. The van der Waals surface area contributed by atoms with E-state index in [4.69, 9.17) is 4.74 Å². The van der Waals surface area contributed by atoms with Crippen molar-refractivity contribution in [2.24, 2.45) is 0 Å². The Labute approximate surface area is 165 Å². The summed E-state index contributed by atoms with van der Waals surface area (Å²) in [4.78, 5) is 28.9. The summed E-state index contributed by atoms with van der Waals surface area (Å²) in [7, 11) is 0. The van der Waals surface area contributed by atoms with Crippen molar-refractivity contribution >= 4 is 39.0 Å². The Morgan fingerprint density at radius 3 is 2.50 bits per heavy atom. The maximum atomic E-state index is 13.3. The third-order valence-corrected chi connectivity index (χ3v) is 5.86. The number of ether oxygens (including phenoxy) is 1. The Morgan fingerprint density at radius 1 is 1.00 bits per heavy atom. The Bertz CT molecular complexity index is 997. The molecule has 3 aromatic rings. The van der Waals surface area contributed by atoms with Gasteiger partial charge in [0.05, 0.1) is 0 Å². The van der Waals surface area contributed by atoms with Crippen LogP contribution in [0.4, 0.5) is 10.1 Å². The number of carbonyl (C=O) groups excluding carboxylic acids is 2. The van der Waals surface area contributed by atoms with Gasteiger partial charge >= 0.3 is 5.97 Å². The van der Waals surface area contributed by atoms with Crippen LogP contribution in [0.1, 0.15) is 9.67 Å². The lowest BCUT2D eigenvalue weighted by atomic mass is 10.2. The van der Waals surface area contributed by atoms with Gasteiger partial charge in [0.2, 0.25) is 0 Å². The Balaban J connectivity index is 1.30. The minimum absolute atomic E-state index is 0.201. The van der Waals surface area contributed by atoms with Crippen molar-refractivity contribution in [3.8, 4) is 0 Å². The number of fused-ring (bicyclic) bond motifs is 1. The number of anilines is 1. The van der Waals surface area contributed by atoms with Crippen LogP contribution < -0.4 is 4.90 Å². The summed E-state index contributed by atoms with van der Waals surface area (Å²) in [6.45, 7) is 2.38. The molecule has 0 saturated carbocycles. The van der Waals surface area contributed by atoms with Gasteiger partial charge in [0.15, 0.2) is 6.61 Å². The van der Waals surface area contributed by atoms with Crippen LogP contribution in [-0.2, 0) is 9.53 Å². The summed E-state index contributed by atoms with van der Waals surface area (Å²) in [5.74, 6) is -1.11. The molecule has 2 heterocycles. The fourth-order valence-electron chi connectivity index (χ4n) is 3.26. The number of rotatable bonds is 4. The molecular weight excluding hydrogens is 379 g/mol. The minimum atomic E-state index is -0.558. The van der Waals surface area contributed by atoms with Crippen LogP contribution in [0.25, 0.3) is 10.1 Å². The second-order valence-corrected chi connectivity index (χ2v) is 7.66. The zero-order chi connectivity index (χ0) is 19.5. The molecular formula is C21H19FN2O3S. The minimum Gasteiger partial charge on any atom is -0.451 e. The molecule has 0 radical (unpaired) electrons. The Hall–Kier alpha value is -2.93.